The van der Waals surface area contributed by atoms with E-state index in [0.29, 0.717) is 22.1 Å². The molecule has 2 amide bonds. The van der Waals surface area contributed by atoms with Crippen LogP contribution in [0.5, 0.6) is 0 Å². The highest BCUT2D eigenvalue weighted by molar-refractivity contribution is 6.30. The third kappa shape index (κ3) is 4.83. The number of nitrogens with one attached hydrogen (secondary N) is 1. The number of carbonyl (C=O) groups excluding carboxylic acids is 2. The second-order valence-electron chi connectivity index (χ2n) is 5.10. The van der Waals surface area contributed by atoms with Gasteiger partial charge in [-0.3, -0.25) is 14.5 Å². The van der Waals surface area contributed by atoms with Crippen LogP contribution in [-0.2, 0) is 9.59 Å². The summed E-state index contributed by atoms with van der Waals surface area (Å²) in [6.45, 7) is 1.33. The van der Waals surface area contributed by atoms with Crippen LogP contribution in [0, 0.1) is 11.3 Å². The molecule has 0 aliphatic heterocycles. The molecule has 2 aromatic carbocycles. The molecule has 0 atom stereocenters. The third-order valence-electron chi connectivity index (χ3n) is 3.21. The molecule has 2 rings (SSSR count). The lowest BCUT2D eigenvalue weighted by Gasteiger charge is -2.17. The van der Waals surface area contributed by atoms with Crippen molar-refractivity contribution in [2.75, 3.05) is 16.0 Å². The van der Waals surface area contributed by atoms with Gasteiger partial charge in [0.2, 0.25) is 5.91 Å². The van der Waals surface area contributed by atoms with E-state index in [2.05, 4.69) is 5.32 Å². The van der Waals surface area contributed by atoms with E-state index in [0.717, 1.165) is 0 Å². The molecule has 0 heterocycles. The second kappa shape index (κ2) is 7.99. The maximum atomic E-state index is 12.3. The first kappa shape index (κ1) is 18.0. The number of nitrogen functional groups attached to an aromatic ring is 1. The van der Waals surface area contributed by atoms with Gasteiger partial charge in [-0.25, -0.2) is 0 Å². The number of nitriles is 1. The predicted molar refractivity (Wildman–Crippen MR) is 97.8 cm³/mol. The molecule has 2 aromatic rings. The minimum atomic E-state index is -0.639. The van der Waals surface area contributed by atoms with E-state index in [4.69, 9.17) is 17.3 Å². The Morgan fingerprint density at radius 2 is 1.92 bits per heavy atom. The smallest absolute Gasteiger partial charge is 0.267 e. The maximum Gasteiger partial charge on any atom is 0.267 e. The fourth-order valence-electron chi connectivity index (χ4n) is 2.02. The summed E-state index contributed by atoms with van der Waals surface area (Å²) in [6.07, 6.45) is 1.18. The average Bonchev–Trinajstić information content (AvgIpc) is 2.57. The minimum absolute atomic E-state index is 0.229. The molecule has 6 nitrogen and oxygen atoms in total. The summed E-state index contributed by atoms with van der Waals surface area (Å²) in [5.41, 5.74) is 6.89. The van der Waals surface area contributed by atoms with Gasteiger partial charge in [0, 0.05) is 29.5 Å². The molecule has 0 aliphatic rings. The van der Waals surface area contributed by atoms with Gasteiger partial charge in [-0.1, -0.05) is 17.7 Å². The number of hydrogen-bond donors (Lipinski definition) is 2. The van der Waals surface area contributed by atoms with Crippen molar-refractivity contribution in [3.8, 4) is 6.07 Å². The molecule has 126 valence electrons. The number of benzene rings is 2. The fourth-order valence-corrected chi connectivity index (χ4v) is 2.15. The van der Waals surface area contributed by atoms with Gasteiger partial charge in [-0.05, 0) is 42.5 Å². The number of amides is 2. The average molecular weight is 355 g/mol. The maximum absolute atomic E-state index is 12.3. The fraction of sp³-hybridized carbons (Fsp3) is 0.0556. The van der Waals surface area contributed by atoms with E-state index in [9.17, 15) is 14.9 Å². The number of halogens is 1. The van der Waals surface area contributed by atoms with Gasteiger partial charge in [0.05, 0.1) is 5.69 Å². The molecular weight excluding hydrogens is 340 g/mol. The minimum Gasteiger partial charge on any atom is -0.399 e. The largest absolute Gasteiger partial charge is 0.399 e. The highest BCUT2D eigenvalue weighted by atomic mass is 35.5. The van der Waals surface area contributed by atoms with Gasteiger partial charge in [-0.15, -0.1) is 0 Å². The summed E-state index contributed by atoms with van der Waals surface area (Å²) in [4.78, 5) is 25.4. The van der Waals surface area contributed by atoms with Gasteiger partial charge in [0.1, 0.15) is 11.6 Å². The van der Waals surface area contributed by atoms with Gasteiger partial charge in [0.25, 0.3) is 5.91 Å². The van der Waals surface area contributed by atoms with Crippen molar-refractivity contribution in [2.24, 2.45) is 0 Å². The molecule has 0 aromatic heterocycles. The molecule has 0 fully saturated rings. The van der Waals surface area contributed by atoms with Crippen molar-refractivity contribution >= 4 is 40.5 Å². The Balaban J connectivity index is 2.29. The van der Waals surface area contributed by atoms with E-state index in [1.165, 1.54) is 18.0 Å². The zero-order valence-corrected chi connectivity index (χ0v) is 14.1. The quantitative estimate of drug-likeness (QED) is 0.499. The molecule has 0 saturated heterocycles. The summed E-state index contributed by atoms with van der Waals surface area (Å²) in [6, 6.07) is 14.8. The van der Waals surface area contributed by atoms with Crippen molar-refractivity contribution < 1.29 is 9.59 Å². The SMILES string of the molecule is CC(=O)N(/C=C(/C#N)C(=O)Nc1ccc(Cl)cc1)c1cccc(N)c1. The lowest BCUT2D eigenvalue weighted by Crippen LogP contribution is -2.25. The summed E-state index contributed by atoms with van der Waals surface area (Å²) < 4.78 is 0. The second-order valence-corrected chi connectivity index (χ2v) is 5.54. The van der Waals surface area contributed by atoms with E-state index in [1.807, 2.05) is 0 Å². The Labute approximate surface area is 150 Å². The molecule has 3 N–H and O–H groups in total. The lowest BCUT2D eigenvalue weighted by molar-refractivity contribution is -0.116. The Kier molecular flexibility index (Phi) is 5.77. The normalized spacial score (nSPS) is 10.7. The number of hydrogen-bond acceptors (Lipinski definition) is 4. The van der Waals surface area contributed by atoms with Crippen LogP contribution in [0.25, 0.3) is 0 Å². The zero-order valence-electron chi connectivity index (χ0n) is 13.4. The highest BCUT2D eigenvalue weighted by Gasteiger charge is 2.15. The molecule has 7 heteroatoms. The van der Waals surface area contributed by atoms with Crippen LogP contribution in [-0.4, -0.2) is 11.8 Å². The van der Waals surface area contributed by atoms with Gasteiger partial charge in [-0.2, -0.15) is 5.26 Å². The number of nitrogens with zero attached hydrogens (tertiary/aromatic N) is 2. The number of anilines is 3. The number of carbonyl (C=O) groups is 2. The molecule has 0 radical (unpaired) electrons. The van der Waals surface area contributed by atoms with E-state index in [-0.39, 0.29) is 11.5 Å². The Morgan fingerprint density at radius 3 is 2.48 bits per heavy atom. The first-order chi connectivity index (χ1) is 11.9. The Morgan fingerprint density at radius 1 is 1.24 bits per heavy atom. The third-order valence-corrected chi connectivity index (χ3v) is 3.46. The molecule has 0 spiro atoms. The van der Waals surface area contributed by atoms with E-state index in [1.54, 1.807) is 54.6 Å². The van der Waals surface area contributed by atoms with Crippen LogP contribution in [0.4, 0.5) is 17.1 Å². The van der Waals surface area contributed by atoms with Crippen LogP contribution in [0.1, 0.15) is 6.92 Å². The van der Waals surface area contributed by atoms with E-state index < -0.39 is 5.91 Å². The standard InChI is InChI=1S/C18H15ClN4O2/c1-12(24)23(17-4-2-3-15(21)9-17)11-13(10-20)18(25)22-16-7-5-14(19)6-8-16/h2-9,11H,21H2,1H3,(H,22,25)/b13-11-. The predicted octanol–water partition coefficient (Wildman–Crippen LogP) is 3.32. The molecule has 25 heavy (non-hydrogen) atoms. The van der Waals surface area contributed by atoms with Gasteiger partial charge in [0.15, 0.2) is 0 Å². The van der Waals surface area contributed by atoms with Crippen molar-refractivity contribution in [2.45, 2.75) is 6.92 Å². The van der Waals surface area contributed by atoms with Crippen LogP contribution < -0.4 is 16.0 Å². The van der Waals surface area contributed by atoms with Crippen molar-refractivity contribution in [1.29, 1.82) is 5.26 Å². The summed E-state index contributed by atoms with van der Waals surface area (Å²) in [7, 11) is 0. The molecule has 0 bridgehead atoms. The molecule has 0 saturated carbocycles. The Hall–Kier alpha value is -3.30. The first-order valence-electron chi connectivity index (χ1n) is 7.25. The van der Waals surface area contributed by atoms with Gasteiger partial charge >= 0.3 is 0 Å². The molecule has 0 unspecified atom stereocenters. The van der Waals surface area contributed by atoms with Crippen LogP contribution in [0.3, 0.4) is 0 Å². The first-order valence-corrected chi connectivity index (χ1v) is 7.62. The highest BCUT2D eigenvalue weighted by Crippen LogP contribution is 2.20. The van der Waals surface area contributed by atoms with Crippen molar-refractivity contribution in [1.82, 2.24) is 0 Å². The Bertz CT molecular complexity index is 869. The number of rotatable bonds is 4. The lowest BCUT2D eigenvalue weighted by atomic mass is 10.2. The summed E-state index contributed by atoms with van der Waals surface area (Å²) in [5, 5.41) is 12.4. The van der Waals surface area contributed by atoms with Crippen LogP contribution in [0.2, 0.25) is 5.02 Å². The van der Waals surface area contributed by atoms with Gasteiger partial charge < -0.3 is 11.1 Å². The van der Waals surface area contributed by atoms with Crippen LogP contribution >= 0.6 is 11.6 Å². The van der Waals surface area contributed by atoms with Crippen molar-refractivity contribution in [3.63, 3.8) is 0 Å². The zero-order chi connectivity index (χ0) is 18.4. The topological polar surface area (TPSA) is 99.2 Å². The summed E-state index contributed by atoms with van der Waals surface area (Å²) >= 11 is 5.79. The summed E-state index contributed by atoms with van der Waals surface area (Å²) in [5.74, 6) is -1.00. The number of nitrogens with two attached hydrogens (primary N) is 1. The monoisotopic (exact) mass is 354 g/mol. The van der Waals surface area contributed by atoms with E-state index >= 15 is 0 Å². The molecular formula is C18H15ClN4O2. The van der Waals surface area contributed by atoms with Crippen LogP contribution in [0.15, 0.2) is 60.3 Å². The van der Waals surface area contributed by atoms with Crippen molar-refractivity contribution in [3.05, 3.63) is 65.3 Å². The molecule has 0 aliphatic carbocycles.